The molecule has 0 aromatic heterocycles. The molecule has 1 aromatic rings. The first-order valence-electron chi connectivity index (χ1n) is 5.66. The molecule has 1 aliphatic heterocycles. The first-order valence-corrected chi connectivity index (χ1v) is 6.47. The Balaban J connectivity index is 2.39. The van der Waals surface area contributed by atoms with Crippen LogP contribution in [0.2, 0.25) is 0 Å². The fraction of sp³-hybridized carbons (Fsp3) is 0.214. The highest BCUT2D eigenvalue weighted by atomic mass is 32.2. The van der Waals surface area contributed by atoms with Crippen LogP contribution in [0.25, 0.3) is 6.08 Å². The quantitative estimate of drug-likeness (QED) is 0.848. The van der Waals surface area contributed by atoms with Crippen LogP contribution in [0.1, 0.15) is 18.9 Å². The van der Waals surface area contributed by atoms with Crippen LogP contribution in [0.3, 0.4) is 0 Å². The predicted octanol–water partition coefficient (Wildman–Crippen LogP) is 3.35. The van der Waals surface area contributed by atoms with Crippen molar-refractivity contribution in [3.8, 4) is 11.5 Å². The van der Waals surface area contributed by atoms with E-state index in [0.717, 1.165) is 11.3 Å². The Morgan fingerprint density at radius 2 is 2.22 bits per heavy atom. The number of carbonyl (C=O) groups excluding carboxylic acids is 1. The number of methoxy groups -OCH3 is 1. The van der Waals surface area contributed by atoms with Crippen LogP contribution in [0, 0.1) is 0 Å². The summed E-state index contributed by atoms with van der Waals surface area (Å²) in [5, 5.41) is 9.97. The van der Waals surface area contributed by atoms with Crippen molar-refractivity contribution < 1.29 is 14.6 Å². The molecule has 1 aliphatic rings. The van der Waals surface area contributed by atoms with Crippen LogP contribution in [-0.4, -0.2) is 17.3 Å². The summed E-state index contributed by atoms with van der Waals surface area (Å²) in [4.78, 5) is 12.8. The van der Waals surface area contributed by atoms with Crippen molar-refractivity contribution in [2.24, 2.45) is 0 Å². The van der Waals surface area contributed by atoms with Crippen LogP contribution in [-0.2, 0) is 4.79 Å². The maximum absolute atomic E-state index is 11.7. The van der Waals surface area contributed by atoms with Crippen LogP contribution >= 0.6 is 11.8 Å². The molecule has 18 heavy (non-hydrogen) atoms. The third-order valence-corrected chi connectivity index (χ3v) is 3.78. The van der Waals surface area contributed by atoms with Crippen LogP contribution in [0.4, 0.5) is 0 Å². The van der Waals surface area contributed by atoms with E-state index in [0.29, 0.717) is 16.9 Å². The zero-order valence-electron chi connectivity index (χ0n) is 10.3. The second kappa shape index (κ2) is 5.31. The minimum absolute atomic E-state index is 0.0223. The lowest BCUT2D eigenvalue weighted by molar-refractivity contribution is -0.107. The largest absolute Gasteiger partial charge is 0.504 e. The van der Waals surface area contributed by atoms with Gasteiger partial charge >= 0.3 is 0 Å². The number of hydrogen-bond acceptors (Lipinski definition) is 4. The summed E-state index contributed by atoms with van der Waals surface area (Å²) in [5.74, 6) is 0.464. The van der Waals surface area contributed by atoms with Gasteiger partial charge < -0.3 is 9.84 Å². The Morgan fingerprint density at radius 3 is 2.83 bits per heavy atom. The van der Waals surface area contributed by atoms with Gasteiger partial charge in [-0.15, -0.1) is 0 Å². The molecule has 2 rings (SSSR count). The van der Waals surface area contributed by atoms with Crippen molar-refractivity contribution in [2.45, 2.75) is 13.3 Å². The molecule has 0 aliphatic carbocycles. The summed E-state index contributed by atoms with van der Waals surface area (Å²) in [7, 11) is 1.50. The van der Waals surface area contributed by atoms with Crippen molar-refractivity contribution in [3.05, 3.63) is 40.3 Å². The van der Waals surface area contributed by atoms with E-state index in [9.17, 15) is 9.90 Å². The lowest BCUT2D eigenvalue weighted by Crippen LogP contribution is -1.89. The van der Waals surface area contributed by atoms with Crippen molar-refractivity contribution in [3.63, 3.8) is 0 Å². The van der Waals surface area contributed by atoms with E-state index >= 15 is 0 Å². The van der Waals surface area contributed by atoms with Gasteiger partial charge in [-0.2, -0.15) is 0 Å². The summed E-state index contributed by atoms with van der Waals surface area (Å²) in [5.41, 5.74) is 1.20. The van der Waals surface area contributed by atoms with E-state index in [2.05, 4.69) is 0 Å². The van der Waals surface area contributed by atoms with Gasteiger partial charge in [0, 0.05) is 11.1 Å². The van der Waals surface area contributed by atoms with Crippen molar-refractivity contribution in [2.75, 3.05) is 7.11 Å². The molecular formula is C14H14O3S. The first kappa shape index (κ1) is 12.8. The topological polar surface area (TPSA) is 46.5 Å². The van der Waals surface area contributed by atoms with Gasteiger partial charge in [0.1, 0.15) is 0 Å². The molecule has 0 amide bonds. The average molecular weight is 262 g/mol. The van der Waals surface area contributed by atoms with Crippen molar-refractivity contribution >= 4 is 23.0 Å². The number of para-hydroxylation sites is 1. The van der Waals surface area contributed by atoms with Gasteiger partial charge in [-0.3, -0.25) is 4.79 Å². The zero-order chi connectivity index (χ0) is 13.1. The van der Waals surface area contributed by atoms with Gasteiger partial charge in [0.25, 0.3) is 0 Å². The number of benzene rings is 1. The summed E-state index contributed by atoms with van der Waals surface area (Å²) in [6.45, 7) is 2.01. The maximum atomic E-state index is 11.7. The van der Waals surface area contributed by atoms with Gasteiger partial charge in [-0.1, -0.05) is 30.8 Å². The Labute approximate surface area is 110 Å². The Kier molecular flexibility index (Phi) is 3.77. The van der Waals surface area contributed by atoms with E-state index in [1.165, 1.54) is 18.9 Å². The summed E-state index contributed by atoms with van der Waals surface area (Å²) in [6, 6.07) is 5.21. The summed E-state index contributed by atoms with van der Waals surface area (Å²) >= 11 is 1.25. The number of phenolic OH excluding ortho intramolecular Hbond substituents is 1. The second-order valence-electron chi connectivity index (χ2n) is 3.85. The van der Waals surface area contributed by atoms with E-state index in [-0.39, 0.29) is 10.9 Å². The van der Waals surface area contributed by atoms with Gasteiger partial charge in [-0.25, -0.2) is 0 Å². The van der Waals surface area contributed by atoms with E-state index < -0.39 is 0 Å². The van der Waals surface area contributed by atoms with Crippen LogP contribution in [0.15, 0.2) is 34.8 Å². The van der Waals surface area contributed by atoms with Crippen molar-refractivity contribution in [1.29, 1.82) is 0 Å². The molecule has 0 fully saturated rings. The third-order valence-electron chi connectivity index (χ3n) is 2.69. The number of ether oxygens (including phenoxy) is 1. The first-order chi connectivity index (χ1) is 8.65. The second-order valence-corrected chi connectivity index (χ2v) is 4.95. The van der Waals surface area contributed by atoms with Gasteiger partial charge in [0.2, 0.25) is 5.12 Å². The van der Waals surface area contributed by atoms with E-state index in [4.69, 9.17) is 4.74 Å². The highest BCUT2D eigenvalue weighted by molar-refractivity contribution is 8.17. The van der Waals surface area contributed by atoms with Crippen molar-refractivity contribution in [1.82, 2.24) is 0 Å². The maximum Gasteiger partial charge on any atom is 0.223 e. The zero-order valence-corrected chi connectivity index (χ0v) is 11.1. The molecule has 4 heteroatoms. The molecule has 0 saturated heterocycles. The molecule has 1 aromatic carbocycles. The third kappa shape index (κ3) is 2.43. The molecule has 0 spiro atoms. The lowest BCUT2D eigenvalue weighted by atomic mass is 10.1. The number of aromatic hydroxyl groups is 1. The summed E-state index contributed by atoms with van der Waals surface area (Å²) in [6.07, 6.45) is 4.40. The molecule has 0 saturated carbocycles. The number of rotatable bonds is 3. The SMILES string of the molecule is CCC1=C/C(=C\c2cccc(OC)c2O)C(=O)S1. The Morgan fingerprint density at radius 1 is 1.44 bits per heavy atom. The Bertz CT molecular complexity index is 544. The number of hydrogen-bond donors (Lipinski definition) is 1. The lowest BCUT2D eigenvalue weighted by Gasteiger charge is -2.05. The normalized spacial score (nSPS) is 17.1. The molecule has 0 unspecified atom stereocenters. The monoisotopic (exact) mass is 262 g/mol. The fourth-order valence-electron chi connectivity index (χ4n) is 1.70. The predicted molar refractivity (Wildman–Crippen MR) is 73.6 cm³/mol. The molecule has 0 atom stereocenters. The van der Waals surface area contributed by atoms with Gasteiger partial charge in [-0.05, 0) is 29.5 Å². The Hall–Kier alpha value is -1.68. The van der Waals surface area contributed by atoms with E-state index in [1.54, 1.807) is 24.3 Å². The number of allylic oxidation sites excluding steroid dienone is 2. The minimum Gasteiger partial charge on any atom is -0.504 e. The number of carbonyl (C=O) groups is 1. The highest BCUT2D eigenvalue weighted by Gasteiger charge is 2.19. The number of thioether (sulfide) groups is 1. The molecule has 1 N–H and O–H groups in total. The number of phenols is 1. The molecule has 1 heterocycles. The average Bonchev–Trinajstić information content (AvgIpc) is 2.73. The van der Waals surface area contributed by atoms with Gasteiger partial charge in [0.05, 0.1) is 7.11 Å². The fourth-order valence-corrected chi connectivity index (χ4v) is 2.51. The van der Waals surface area contributed by atoms with Gasteiger partial charge in [0.15, 0.2) is 11.5 Å². The molecule has 3 nitrogen and oxygen atoms in total. The smallest absolute Gasteiger partial charge is 0.223 e. The van der Waals surface area contributed by atoms with E-state index in [1.807, 2.05) is 13.0 Å². The highest BCUT2D eigenvalue weighted by Crippen LogP contribution is 2.36. The molecular weight excluding hydrogens is 248 g/mol. The minimum atomic E-state index is 0.0223. The standard InChI is InChI=1S/C14H14O3S/c1-3-11-8-10(14(16)18-11)7-9-5-4-6-12(17-2)13(9)15/h4-8,15H,3H2,1-2H3/b10-7+. The summed E-state index contributed by atoms with van der Waals surface area (Å²) < 4.78 is 5.03. The van der Waals surface area contributed by atoms with Crippen LogP contribution < -0.4 is 4.74 Å². The molecule has 94 valence electrons. The molecule has 0 bridgehead atoms. The van der Waals surface area contributed by atoms with Crippen LogP contribution in [0.5, 0.6) is 11.5 Å². The molecule has 0 radical (unpaired) electrons.